The van der Waals surface area contributed by atoms with Crippen LogP contribution in [0.15, 0.2) is 0 Å². The minimum absolute atomic E-state index is 0.139. The van der Waals surface area contributed by atoms with Gasteiger partial charge >= 0.3 is 5.97 Å². The minimum Gasteiger partial charge on any atom is -0.469 e. The van der Waals surface area contributed by atoms with Crippen molar-refractivity contribution in [3.63, 3.8) is 0 Å². The zero-order valence-corrected chi connectivity index (χ0v) is 11.2. The van der Waals surface area contributed by atoms with Gasteiger partial charge in [0.1, 0.15) is 0 Å². The second-order valence-electron chi connectivity index (χ2n) is 3.94. The van der Waals surface area contributed by atoms with E-state index in [0.29, 0.717) is 6.54 Å². The van der Waals surface area contributed by atoms with Gasteiger partial charge in [-0.1, -0.05) is 6.92 Å². The normalized spacial score (nSPS) is 12.3. The molecule has 5 heteroatoms. The van der Waals surface area contributed by atoms with E-state index in [0.717, 1.165) is 10.8 Å². The summed E-state index contributed by atoms with van der Waals surface area (Å²) in [6.07, 6.45) is 0. The summed E-state index contributed by atoms with van der Waals surface area (Å²) in [7, 11) is 3.35. The molecule has 0 aliphatic heterocycles. The summed E-state index contributed by atoms with van der Waals surface area (Å²) in [6.45, 7) is 6.52. The van der Waals surface area contributed by atoms with Crippen molar-refractivity contribution in [3.8, 4) is 0 Å². The quantitative estimate of drug-likeness (QED) is 0.757. The lowest BCUT2D eigenvalue weighted by Gasteiger charge is -2.19. The van der Waals surface area contributed by atoms with Crippen molar-refractivity contribution >= 4 is 22.4 Å². The number of esters is 1. The van der Waals surface area contributed by atoms with Crippen LogP contribution >= 0.6 is 11.3 Å². The number of anilines is 1. The standard InChI is InChI=1S/C11H18N2O2S/c1-7(10(14)15-5)6-13(4)11-12-8(2)9(3)16-11/h7H,6H2,1-5H3. The molecule has 16 heavy (non-hydrogen) atoms. The van der Waals surface area contributed by atoms with Crippen LogP contribution in [0.5, 0.6) is 0 Å². The first-order valence-corrected chi connectivity index (χ1v) is 6.00. The molecule has 1 atom stereocenters. The number of aromatic nitrogens is 1. The molecule has 0 aromatic carbocycles. The summed E-state index contributed by atoms with van der Waals surface area (Å²) >= 11 is 1.65. The third-order valence-electron chi connectivity index (χ3n) is 2.50. The molecule has 1 rings (SSSR count). The van der Waals surface area contributed by atoms with Gasteiger partial charge in [0.25, 0.3) is 0 Å². The Morgan fingerprint density at radius 1 is 1.56 bits per heavy atom. The van der Waals surface area contributed by atoms with Crippen LogP contribution in [0.1, 0.15) is 17.5 Å². The van der Waals surface area contributed by atoms with Gasteiger partial charge in [-0.05, 0) is 13.8 Å². The molecule has 0 aliphatic carbocycles. The van der Waals surface area contributed by atoms with E-state index >= 15 is 0 Å². The number of hydrogen-bond donors (Lipinski definition) is 0. The van der Waals surface area contributed by atoms with Gasteiger partial charge in [-0.2, -0.15) is 0 Å². The highest BCUT2D eigenvalue weighted by Gasteiger charge is 2.17. The molecule has 0 spiro atoms. The largest absolute Gasteiger partial charge is 0.469 e. The van der Waals surface area contributed by atoms with E-state index in [9.17, 15) is 4.79 Å². The molecule has 1 aromatic heterocycles. The van der Waals surface area contributed by atoms with Gasteiger partial charge in [0.05, 0.1) is 18.7 Å². The van der Waals surface area contributed by atoms with Crippen molar-refractivity contribution < 1.29 is 9.53 Å². The maximum absolute atomic E-state index is 11.3. The molecule has 4 nitrogen and oxygen atoms in total. The third-order valence-corrected chi connectivity index (χ3v) is 3.68. The molecule has 0 N–H and O–H groups in total. The average molecular weight is 242 g/mol. The summed E-state index contributed by atoms with van der Waals surface area (Å²) in [4.78, 5) is 18.9. The Labute approximate surface area is 100 Å². The minimum atomic E-state index is -0.183. The van der Waals surface area contributed by atoms with Gasteiger partial charge in [0, 0.05) is 18.5 Å². The summed E-state index contributed by atoms with van der Waals surface area (Å²) in [5.41, 5.74) is 1.05. The predicted molar refractivity (Wildman–Crippen MR) is 66.0 cm³/mol. The fourth-order valence-electron chi connectivity index (χ4n) is 1.38. The Kier molecular flexibility index (Phi) is 4.29. The van der Waals surface area contributed by atoms with E-state index in [4.69, 9.17) is 4.74 Å². The molecular formula is C11H18N2O2S. The van der Waals surface area contributed by atoms with Crippen LogP contribution in [0.4, 0.5) is 5.13 Å². The molecule has 0 aliphatic rings. The van der Waals surface area contributed by atoms with Crippen molar-refractivity contribution in [2.75, 3.05) is 25.6 Å². The fourth-order valence-corrected chi connectivity index (χ4v) is 2.26. The first kappa shape index (κ1) is 13.0. The number of ether oxygens (including phenoxy) is 1. The molecule has 0 bridgehead atoms. The Balaban J connectivity index is 2.65. The number of aryl methyl sites for hydroxylation is 2. The smallest absolute Gasteiger partial charge is 0.310 e. The Bertz CT molecular complexity index is 357. The predicted octanol–water partition coefficient (Wildman–Crippen LogP) is 2.01. The second kappa shape index (κ2) is 5.30. The molecule has 0 amide bonds. The zero-order valence-electron chi connectivity index (χ0n) is 10.4. The van der Waals surface area contributed by atoms with Gasteiger partial charge in [0.2, 0.25) is 0 Å². The lowest BCUT2D eigenvalue weighted by Crippen LogP contribution is -2.29. The van der Waals surface area contributed by atoms with Gasteiger partial charge in [-0.3, -0.25) is 4.79 Å². The third kappa shape index (κ3) is 2.95. The SMILES string of the molecule is COC(=O)C(C)CN(C)c1nc(C)c(C)s1. The van der Waals surface area contributed by atoms with Crippen molar-refractivity contribution in [1.29, 1.82) is 0 Å². The van der Waals surface area contributed by atoms with Crippen LogP contribution < -0.4 is 4.90 Å². The number of nitrogens with zero attached hydrogens (tertiary/aromatic N) is 2. The molecule has 0 saturated carbocycles. The van der Waals surface area contributed by atoms with E-state index < -0.39 is 0 Å². The summed E-state index contributed by atoms with van der Waals surface area (Å²) < 4.78 is 4.70. The molecule has 1 unspecified atom stereocenters. The van der Waals surface area contributed by atoms with Crippen LogP contribution in [0.3, 0.4) is 0 Å². The van der Waals surface area contributed by atoms with Crippen molar-refractivity contribution in [2.45, 2.75) is 20.8 Å². The van der Waals surface area contributed by atoms with E-state index in [1.165, 1.54) is 12.0 Å². The number of carbonyl (C=O) groups is 1. The highest BCUT2D eigenvalue weighted by molar-refractivity contribution is 7.15. The lowest BCUT2D eigenvalue weighted by atomic mass is 10.2. The van der Waals surface area contributed by atoms with Crippen molar-refractivity contribution in [1.82, 2.24) is 4.98 Å². The Morgan fingerprint density at radius 3 is 2.62 bits per heavy atom. The van der Waals surface area contributed by atoms with Crippen LogP contribution in [0, 0.1) is 19.8 Å². The molecule has 90 valence electrons. The van der Waals surface area contributed by atoms with E-state index in [-0.39, 0.29) is 11.9 Å². The first-order valence-electron chi connectivity index (χ1n) is 5.18. The number of rotatable bonds is 4. The van der Waals surface area contributed by atoms with Crippen molar-refractivity contribution in [2.24, 2.45) is 5.92 Å². The maximum atomic E-state index is 11.3. The summed E-state index contributed by atoms with van der Waals surface area (Å²) in [6, 6.07) is 0. The fraction of sp³-hybridized carbons (Fsp3) is 0.636. The number of hydrogen-bond acceptors (Lipinski definition) is 5. The summed E-state index contributed by atoms with van der Waals surface area (Å²) in [5.74, 6) is -0.323. The topological polar surface area (TPSA) is 42.4 Å². The number of thiazole rings is 1. The molecule has 0 radical (unpaired) electrons. The average Bonchev–Trinajstić information content (AvgIpc) is 2.58. The second-order valence-corrected chi connectivity index (χ2v) is 5.12. The van der Waals surface area contributed by atoms with Gasteiger partial charge in [-0.25, -0.2) is 4.98 Å². The van der Waals surface area contributed by atoms with Gasteiger partial charge < -0.3 is 9.64 Å². The van der Waals surface area contributed by atoms with Gasteiger partial charge in [0.15, 0.2) is 5.13 Å². The molecule has 1 heterocycles. The number of carbonyl (C=O) groups excluding carboxylic acids is 1. The van der Waals surface area contributed by atoms with Crippen LogP contribution in [0.25, 0.3) is 0 Å². The van der Waals surface area contributed by atoms with Crippen LogP contribution in [-0.2, 0) is 9.53 Å². The van der Waals surface area contributed by atoms with E-state index in [2.05, 4.69) is 4.98 Å². The monoisotopic (exact) mass is 242 g/mol. The van der Waals surface area contributed by atoms with Crippen molar-refractivity contribution in [3.05, 3.63) is 10.6 Å². The zero-order chi connectivity index (χ0) is 12.3. The van der Waals surface area contributed by atoms with E-state index in [1.54, 1.807) is 11.3 Å². The van der Waals surface area contributed by atoms with Crippen LogP contribution in [0.2, 0.25) is 0 Å². The maximum Gasteiger partial charge on any atom is 0.310 e. The summed E-state index contributed by atoms with van der Waals surface area (Å²) in [5, 5.41) is 0.950. The Hall–Kier alpha value is -1.10. The Morgan fingerprint density at radius 2 is 2.19 bits per heavy atom. The van der Waals surface area contributed by atoms with Crippen LogP contribution in [-0.4, -0.2) is 31.7 Å². The molecular weight excluding hydrogens is 224 g/mol. The molecule has 0 fully saturated rings. The lowest BCUT2D eigenvalue weighted by molar-refractivity contribution is -0.144. The molecule has 0 saturated heterocycles. The highest BCUT2D eigenvalue weighted by atomic mass is 32.1. The van der Waals surface area contributed by atoms with Gasteiger partial charge in [-0.15, -0.1) is 11.3 Å². The first-order chi connectivity index (χ1) is 7.45. The number of methoxy groups -OCH3 is 1. The molecule has 1 aromatic rings. The highest BCUT2D eigenvalue weighted by Crippen LogP contribution is 2.24. The van der Waals surface area contributed by atoms with E-state index in [1.807, 2.05) is 32.7 Å².